The van der Waals surface area contributed by atoms with Crippen LogP contribution in [0.25, 0.3) is 21.9 Å². The molecule has 0 saturated carbocycles. The summed E-state index contributed by atoms with van der Waals surface area (Å²) in [4.78, 5) is 11.7. The third kappa shape index (κ3) is 1.89. The van der Waals surface area contributed by atoms with Gasteiger partial charge in [-0.25, -0.2) is 4.79 Å². The Labute approximate surface area is 110 Å². The van der Waals surface area contributed by atoms with Crippen molar-refractivity contribution in [1.82, 2.24) is 0 Å². The van der Waals surface area contributed by atoms with E-state index in [1.165, 1.54) is 0 Å². The number of carbonyl (C=O) groups excluding carboxylic acids is 1. The second kappa shape index (κ2) is 4.28. The van der Waals surface area contributed by atoms with E-state index in [1.807, 2.05) is 30.3 Å². The Morgan fingerprint density at radius 3 is 2.63 bits per heavy atom. The maximum atomic E-state index is 11.7. The number of ether oxygens (including phenoxy) is 1. The lowest BCUT2D eigenvalue weighted by atomic mass is 10.1. The van der Waals surface area contributed by atoms with Crippen LogP contribution in [0.3, 0.4) is 0 Å². The minimum atomic E-state index is -0.433. The van der Waals surface area contributed by atoms with Gasteiger partial charge in [0.05, 0.1) is 5.39 Å². The molecule has 0 bridgehead atoms. The van der Waals surface area contributed by atoms with Gasteiger partial charge in [-0.2, -0.15) is 0 Å². The molecule has 0 spiro atoms. The Bertz CT molecular complexity index is 796. The first-order valence-corrected chi connectivity index (χ1v) is 5.95. The van der Waals surface area contributed by atoms with Gasteiger partial charge in [-0.3, -0.25) is 0 Å². The lowest BCUT2D eigenvalue weighted by molar-refractivity contribution is -0.129. The molecule has 3 rings (SSSR count). The lowest BCUT2D eigenvalue weighted by Gasteiger charge is -2.04. The van der Waals surface area contributed by atoms with Crippen molar-refractivity contribution in [3.63, 3.8) is 0 Å². The summed E-state index contributed by atoms with van der Waals surface area (Å²) in [7, 11) is 0. The molecule has 0 saturated heterocycles. The molecule has 3 nitrogen and oxygen atoms in total. The lowest BCUT2D eigenvalue weighted by Crippen LogP contribution is -2.08. The molecular weight excluding hydrogens is 240 g/mol. The molecule has 1 aromatic heterocycles. The van der Waals surface area contributed by atoms with Crippen LogP contribution in [0.2, 0.25) is 0 Å². The van der Waals surface area contributed by atoms with Crippen LogP contribution in [0.4, 0.5) is 0 Å². The predicted octanol–water partition coefficient (Wildman–Crippen LogP) is 4.07. The summed E-state index contributed by atoms with van der Waals surface area (Å²) in [5.41, 5.74) is 1.84. The number of fused-ring (bicyclic) bond motifs is 3. The van der Waals surface area contributed by atoms with Gasteiger partial charge >= 0.3 is 5.97 Å². The summed E-state index contributed by atoms with van der Waals surface area (Å²) in [5.74, 6) is 0.0632. The highest BCUT2D eigenvalue weighted by molar-refractivity contribution is 6.09. The number of hydrogen-bond donors (Lipinski definition) is 0. The third-order valence-electron chi connectivity index (χ3n) is 2.92. The summed E-state index contributed by atoms with van der Waals surface area (Å²) < 4.78 is 11.1. The van der Waals surface area contributed by atoms with Crippen LogP contribution in [0.1, 0.15) is 6.92 Å². The van der Waals surface area contributed by atoms with E-state index in [0.717, 1.165) is 16.4 Å². The maximum absolute atomic E-state index is 11.7. The second-order valence-electron chi connectivity index (χ2n) is 4.40. The zero-order valence-electron chi connectivity index (χ0n) is 10.5. The molecule has 1 heterocycles. The Morgan fingerprint density at radius 1 is 1.11 bits per heavy atom. The SMILES string of the molecule is C=C(C)C(=O)Oc1cccc2oc3ccccc3c12. The van der Waals surface area contributed by atoms with Crippen molar-refractivity contribution in [3.8, 4) is 5.75 Å². The number of hydrogen-bond acceptors (Lipinski definition) is 3. The molecule has 0 aliphatic carbocycles. The second-order valence-corrected chi connectivity index (χ2v) is 4.40. The highest BCUT2D eigenvalue weighted by Crippen LogP contribution is 2.35. The first-order valence-electron chi connectivity index (χ1n) is 5.95. The standard InChI is InChI=1S/C16H12O3/c1-10(2)16(17)19-14-9-5-8-13-15(14)11-6-3-4-7-12(11)18-13/h3-9H,1H2,2H3. The summed E-state index contributed by atoms with van der Waals surface area (Å²) >= 11 is 0. The Balaban J connectivity index is 2.24. The Morgan fingerprint density at radius 2 is 1.84 bits per heavy atom. The van der Waals surface area contributed by atoms with Crippen LogP contribution in [0.5, 0.6) is 5.75 Å². The fourth-order valence-corrected chi connectivity index (χ4v) is 2.01. The molecule has 0 N–H and O–H groups in total. The van der Waals surface area contributed by atoms with Crippen LogP contribution in [0, 0.1) is 0 Å². The van der Waals surface area contributed by atoms with Gasteiger partial charge < -0.3 is 9.15 Å². The van der Waals surface area contributed by atoms with Crippen molar-refractivity contribution < 1.29 is 13.9 Å². The monoisotopic (exact) mass is 252 g/mol. The van der Waals surface area contributed by atoms with Gasteiger partial charge in [-0.05, 0) is 25.1 Å². The van der Waals surface area contributed by atoms with Gasteiger partial charge in [0.25, 0.3) is 0 Å². The number of para-hydroxylation sites is 1. The van der Waals surface area contributed by atoms with E-state index in [4.69, 9.17) is 9.15 Å². The van der Waals surface area contributed by atoms with Crippen LogP contribution in [-0.4, -0.2) is 5.97 Å². The summed E-state index contributed by atoms with van der Waals surface area (Å²) in [6.45, 7) is 5.20. The topological polar surface area (TPSA) is 39.4 Å². The molecule has 0 aliphatic rings. The third-order valence-corrected chi connectivity index (χ3v) is 2.92. The van der Waals surface area contributed by atoms with Gasteiger partial charge in [0.2, 0.25) is 0 Å². The van der Waals surface area contributed by atoms with Crippen LogP contribution >= 0.6 is 0 Å². The first-order chi connectivity index (χ1) is 9.16. The average molecular weight is 252 g/mol. The van der Waals surface area contributed by atoms with Gasteiger partial charge in [-0.15, -0.1) is 0 Å². The zero-order valence-corrected chi connectivity index (χ0v) is 10.5. The minimum absolute atomic E-state index is 0.366. The highest BCUT2D eigenvalue weighted by Gasteiger charge is 2.14. The highest BCUT2D eigenvalue weighted by atomic mass is 16.5. The van der Waals surface area contributed by atoms with E-state index < -0.39 is 5.97 Å². The number of carbonyl (C=O) groups is 1. The minimum Gasteiger partial charge on any atom is -0.456 e. The van der Waals surface area contributed by atoms with Gasteiger partial charge in [0.15, 0.2) is 0 Å². The van der Waals surface area contributed by atoms with E-state index in [-0.39, 0.29) is 0 Å². The molecule has 2 aromatic carbocycles. The molecule has 0 unspecified atom stereocenters. The smallest absolute Gasteiger partial charge is 0.338 e. The van der Waals surface area contributed by atoms with Crippen molar-refractivity contribution in [2.24, 2.45) is 0 Å². The molecule has 19 heavy (non-hydrogen) atoms. The molecule has 0 radical (unpaired) electrons. The van der Waals surface area contributed by atoms with Crippen molar-refractivity contribution in [2.45, 2.75) is 6.92 Å². The molecule has 0 aliphatic heterocycles. The van der Waals surface area contributed by atoms with Crippen molar-refractivity contribution >= 4 is 27.9 Å². The molecule has 3 aromatic rings. The Kier molecular flexibility index (Phi) is 2.60. The number of esters is 1. The first kappa shape index (κ1) is 11.5. The largest absolute Gasteiger partial charge is 0.456 e. The van der Waals surface area contributed by atoms with E-state index in [2.05, 4.69) is 6.58 Å². The normalized spacial score (nSPS) is 10.8. The van der Waals surface area contributed by atoms with Crippen molar-refractivity contribution in [3.05, 3.63) is 54.6 Å². The number of benzene rings is 2. The number of rotatable bonds is 2. The van der Waals surface area contributed by atoms with Crippen LogP contribution in [-0.2, 0) is 4.79 Å². The van der Waals surface area contributed by atoms with E-state index in [0.29, 0.717) is 16.9 Å². The fraction of sp³-hybridized carbons (Fsp3) is 0.0625. The zero-order chi connectivity index (χ0) is 13.4. The van der Waals surface area contributed by atoms with Gasteiger partial charge in [-0.1, -0.05) is 30.8 Å². The molecule has 3 heteroatoms. The molecular formula is C16H12O3. The van der Waals surface area contributed by atoms with E-state index >= 15 is 0 Å². The van der Waals surface area contributed by atoms with E-state index in [1.54, 1.807) is 19.1 Å². The molecule has 94 valence electrons. The summed E-state index contributed by atoms with van der Waals surface area (Å²) in [5, 5.41) is 1.75. The van der Waals surface area contributed by atoms with Gasteiger partial charge in [0.1, 0.15) is 16.9 Å². The van der Waals surface area contributed by atoms with Crippen LogP contribution < -0.4 is 4.74 Å². The van der Waals surface area contributed by atoms with Crippen molar-refractivity contribution in [1.29, 1.82) is 0 Å². The van der Waals surface area contributed by atoms with Crippen LogP contribution in [0.15, 0.2) is 59.0 Å². The predicted molar refractivity (Wildman–Crippen MR) is 74.2 cm³/mol. The summed E-state index contributed by atoms with van der Waals surface area (Å²) in [6.07, 6.45) is 0. The molecule has 0 atom stereocenters. The molecule has 0 amide bonds. The van der Waals surface area contributed by atoms with Crippen molar-refractivity contribution in [2.75, 3.05) is 0 Å². The number of furan rings is 1. The molecule has 0 fully saturated rings. The quantitative estimate of drug-likeness (QED) is 0.392. The Hall–Kier alpha value is -2.55. The van der Waals surface area contributed by atoms with Gasteiger partial charge in [0, 0.05) is 11.0 Å². The summed E-state index contributed by atoms with van der Waals surface area (Å²) in [6, 6.07) is 13.1. The average Bonchev–Trinajstić information content (AvgIpc) is 2.77. The maximum Gasteiger partial charge on any atom is 0.338 e. The van der Waals surface area contributed by atoms with E-state index in [9.17, 15) is 4.79 Å². The fourth-order valence-electron chi connectivity index (χ4n) is 2.01.